The number of nitrogens with zero attached hydrogens (tertiary/aromatic N) is 3. The zero-order valence-corrected chi connectivity index (χ0v) is 11.7. The lowest BCUT2D eigenvalue weighted by atomic mass is 9.96. The number of aromatic nitrogens is 3. The van der Waals surface area contributed by atoms with Crippen LogP contribution in [0.15, 0.2) is 18.5 Å². The zero-order chi connectivity index (χ0) is 13.9. The molecule has 3 rings (SSSR count). The maximum Gasteiger partial charge on any atom is 0.162 e. The van der Waals surface area contributed by atoms with Gasteiger partial charge in [0.25, 0.3) is 0 Å². The number of hydrogen-bond donors (Lipinski definition) is 2. The second-order valence-corrected chi connectivity index (χ2v) is 5.06. The van der Waals surface area contributed by atoms with Crippen molar-refractivity contribution in [2.24, 2.45) is 5.84 Å². The molecular formula is C15H19N5. The van der Waals surface area contributed by atoms with E-state index in [1.165, 1.54) is 18.4 Å². The van der Waals surface area contributed by atoms with Crippen molar-refractivity contribution in [2.45, 2.75) is 39.0 Å². The van der Waals surface area contributed by atoms with Crippen molar-refractivity contribution in [3.05, 3.63) is 35.3 Å². The molecule has 5 nitrogen and oxygen atoms in total. The molecule has 0 spiro atoms. The van der Waals surface area contributed by atoms with Gasteiger partial charge in [0.05, 0.1) is 0 Å². The highest BCUT2D eigenvalue weighted by molar-refractivity contribution is 5.63. The SMILES string of the molecule is CCc1cnccc1-c1nc2c(c(NN)n1)CCCC2. The van der Waals surface area contributed by atoms with Gasteiger partial charge in [-0.15, -0.1) is 0 Å². The topological polar surface area (TPSA) is 76.7 Å². The molecule has 2 aromatic heterocycles. The van der Waals surface area contributed by atoms with Crippen LogP contribution in [0.5, 0.6) is 0 Å². The Hall–Kier alpha value is -2.01. The van der Waals surface area contributed by atoms with E-state index in [0.29, 0.717) is 0 Å². The van der Waals surface area contributed by atoms with E-state index in [2.05, 4.69) is 22.3 Å². The van der Waals surface area contributed by atoms with Crippen LogP contribution >= 0.6 is 0 Å². The highest BCUT2D eigenvalue weighted by Crippen LogP contribution is 2.29. The van der Waals surface area contributed by atoms with Gasteiger partial charge < -0.3 is 5.43 Å². The number of pyridine rings is 1. The summed E-state index contributed by atoms with van der Waals surface area (Å²) in [7, 11) is 0. The molecule has 0 fully saturated rings. The van der Waals surface area contributed by atoms with Gasteiger partial charge in [0, 0.05) is 29.2 Å². The molecular weight excluding hydrogens is 250 g/mol. The molecule has 0 radical (unpaired) electrons. The predicted molar refractivity (Wildman–Crippen MR) is 79.1 cm³/mol. The van der Waals surface area contributed by atoms with Gasteiger partial charge in [-0.25, -0.2) is 15.8 Å². The van der Waals surface area contributed by atoms with Gasteiger partial charge in [-0.1, -0.05) is 6.92 Å². The molecule has 0 atom stereocenters. The first-order chi connectivity index (χ1) is 9.83. The maximum absolute atomic E-state index is 5.64. The van der Waals surface area contributed by atoms with Crippen LogP contribution < -0.4 is 11.3 Å². The number of nitrogens with two attached hydrogens (primary N) is 1. The Morgan fingerprint density at radius 3 is 2.90 bits per heavy atom. The average molecular weight is 269 g/mol. The van der Waals surface area contributed by atoms with Gasteiger partial charge in [0.2, 0.25) is 0 Å². The van der Waals surface area contributed by atoms with Gasteiger partial charge in [-0.05, 0) is 43.7 Å². The summed E-state index contributed by atoms with van der Waals surface area (Å²) in [5, 5.41) is 0. The summed E-state index contributed by atoms with van der Waals surface area (Å²) >= 11 is 0. The average Bonchev–Trinajstić information content (AvgIpc) is 2.53. The van der Waals surface area contributed by atoms with E-state index < -0.39 is 0 Å². The lowest BCUT2D eigenvalue weighted by molar-refractivity contribution is 0.664. The molecule has 0 aromatic carbocycles. The summed E-state index contributed by atoms with van der Waals surface area (Å²) in [6.07, 6.45) is 8.96. The lowest BCUT2D eigenvalue weighted by Crippen LogP contribution is -2.17. The molecule has 104 valence electrons. The fourth-order valence-electron chi connectivity index (χ4n) is 2.76. The number of aryl methyl sites for hydroxylation is 2. The van der Waals surface area contributed by atoms with Gasteiger partial charge in [-0.3, -0.25) is 4.98 Å². The Labute approximate surface area is 118 Å². The third-order valence-electron chi connectivity index (χ3n) is 3.85. The Morgan fingerprint density at radius 1 is 1.25 bits per heavy atom. The lowest BCUT2D eigenvalue weighted by Gasteiger charge is -2.19. The van der Waals surface area contributed by atoms with Crippen LogP contribution in [0.3, 0.4) is 0 Å². The fourth-order valence-corrected chi connectivity index (χ4v) is 2.76. The molecule has 0 bridgehead atoms. The van der Waals surface area contributed by atoms with E-state index in [4.69, 9.17) is 10.8 Å². The van der Waals surface area contributed by atoms with E-state index in [9.17, 15) is 0 Å². The van der Waals surface area contributed by atoms with Crippen LogP contribution in [-0.4, -0.2) is 15.0 Å². The first kappa shape index (κ1) is 13.0. The number of rotatable bonds is 3. The number of anilines is 1. The van der Waals surface area contributed by atoms with Gasteiger partial charge in [-0.2, -0.15) is 0 Å². The van der Waals surface area contributed by atoms with Gasteiger partial charge in [0.15, 0.2) is 5.82 Å². The molecule has 1 aliphatic rings. The van der Waals surface area contributed by atoms with E-state index in [-0.39, 0.29) is 0 Å². The fraction of sp³-hybridized carbons (Fsp3) is 0.400. The summed E-state index contributed by atoms with van der Waals surface area (Å²) in [4.78, 5) is 13.6. The highest BCUT2D eigenvalue weighted by atomic mass is 15.3. The summed E-state index contributed by atoms with van der Waals surface area (Å²) in [5.74, 6) is 7.15. The molecule has 0 saturated carbocycles. The molecule has 1 aliphatic carbocycles. The quantitative estimate of drug-likeness (QED) is 0.660. The van der Waals surface area contributed by atoms with Crippen molar-refractivity contribution in [3.63, 3.8) is 0 Å². The normalized spacial score (nSPS) is 13.9. The van der Waals surface area contributed by atoms with Crippen LogP contribution in [0, 0.1) is 0 Å². The monoisotopic (exact) mass is 269 g/mol. The van der Waals surface area contributed by atoms with Crippen molar-refractivity contribution in [1.82, 2.24) is 15.0 Å². The predicted octanol–water partition coefficient (Wildman–Crippen LogP) is 2.27. The van der Waals surface area contributed by atoms with Crippen LogP contribution in [0.2, 0.25) is 0 Å². The molecule has 0 aliphatic heterocycles. The van der Waals surface area contributed by atoms with E-state index >= 15 is 0 Å². The van der Waals surface area contributed by atoms with E-state index in [1.54, 1.807) is 6.20 Å². The summed E-state index contributed by atoms with van der Waals surface area (Å²) in [6, 6.07) is 1.98. The molecule has 0 unspecified atom stereocenters. The van der Waals surface area contributed by atoms with E-state index in [1.807, 2.05) is 12.3 Å². The van der Waals surface area contributed by atoms with Crippen LogP contribution in [0.4, 0.5) is 5.82 Å². The molecule has 2 aromatic rings. The minimum atomic E-state index is 0.748. The molecule has 3 N–H and O–H groups in total. The summed E-state index contributed by atoms with van der Waals surface area (Å²) in [6.45, 7) is 2.11. The minimum Gasteiger partial charge on any atom is -0.308 e. The number of hydrazine groups is 1. The van der Waals surface area contributed by atoms with Gasteiger partial charge >= 0.3 is 0 Å². The Bertz CT molecular complexity index is 606. The molecule has 2 heterocycles. The summed E-state index contributed by atoms with van der Waals surface area (Å²) < 4.78 is 0. The van der Waals surface area contributed by atoms with Crippen LogP contribution in [0.25, 0.3) is 11.4 Å². The number of fused-ring (bicyclic) bond motifs is 1. The highest BCUT2D eigenvalue weighted by Gasteiger charge is 2.18. The molecule has 0 saturated heterocycles. The number of nitrogens with one attached hydrogen (secondary N) is 1. The van der Waals surface area contributed by atoms with Crippen molar-refractivity contribution in [1.29, 1.82) is 0 Å². The zero-order valence-electron chi connectivity index (χ0n) is 11.7. The molecule has 20 heavy (non-hydrogen) atoms. The van der Waals surface area contributed by atoms with Crippen LogP contribution in [-0.2, 0) is 19.3 Å². The standard InChI is InChI=1S/C15H19N5/c1-2-10-9-17-8-7-11(10)14-18-13-6-4-3-5-12(13)15(19-14)20-16/h7-9H,2-6,16H2,1H3,(H,18,19,20). The van der Waals surface area contributed by atoms with Crippen molar-refractivity contribution >= 4 is 5.82 Å². The second-order valence-electron chi connectivity index (χ2n) is 5.06. The minimum absolute atomic E-state index is 0.748. The second kappa shape index (κ2) is 5.54. The Kier molecular flexibility index (Phi) is 3.60. The van der Waals surface area contributed by atoms with Gasteiger partial charge in [0.1, 0.15) is 5.82 Å². The third-order valence-corrected chi connectivity index (χ3v) is 3.85. The van der Waals surface area contributed by atoms with Crippen LogP contribution in [0.1, 0.15) is 36.6 Å². The van der Waals surface area contributed by atoms with Crippen molar-refractivity contribution < 1.29 is 0 Å². The number of hydrogen-bond acceptors (Lipinski definition) is 5. The molecule has 0 amide bonds. The first-order valence-corrected chi connectivity index (χ1v) is 7.13. The third kappa shape index (κ3) is 2.25. The Balaban J connectivity index is 2.14. The van der Waals surface area contributed by atoms with E-state index in [0.717, 1.165) is 47.7 Å². The number of nitrogen functional groups attached to an aromatic ring is 1. The summed E-state index contributed by atoms with van der Waals surface area (Å²) in [5.41, 5.74) is 7.25. The molecule has 5 heteroatoms. The largest absolute Gasteiger partial charge is 0.308 e. The first-order valence-electron chi connectivity index (χ1n) is 7.13. The van der Waals surface area contributed by atoms with Crippen molar-refractivity contribution in [3.8, 4) is 11.4 Å². The Morgan fingerprint density at radius 2 is 2.10 bits per heavy atom. The van der Waals surface area contributed by atoms with Crippen molar-refractivity contribution in [2.75, 3.05) is 5.43 Å². The smallest absolute Gasteiger partial charge is 0.162 e. The maximum atomic E-state index is 5.64.